The summed E-state index contributed by atoms with van der Waals surface area (Å²) in [6, 6.07) is 6.55. The Kier molecular flexibility index (Phi) is 4.25. The zero-order valence-electron chi connectivity index (χ0n) is 10.6. The highest BCUT2D eigenvalue weighted by molar-refractivity contribution is 5.34. The van der Waals surface area contributed by atoms with E-state index in [2.05, 4.69) is 10.3 Å². The number of nitro benzene ring substituents is 1. The van der Waals surface area contributed by atoms with Crippen LogP contribution in [0.1, 0.15) is 24.1 Å². The van der Waals surface area contributed by atoms with Gasteiger partial charge in [-0.2, -0.15) is 0 Å². The second-order valence-corrected chi connectivity index (χ2v) is 4.10. The van der Waals surface area contributed by atoms with Crippen LogP contribution in [-0.2, 0) is 19.5 Å². The normalized spacial score (nSPS) is 10.6. The summed E-state index contributed by atoms with van der Waals surface area (Å²) in [7, 11) is 0. The van der Waals surface area contributed by atoms with E-state index in [0.29, 0.717) is 19.0 Å². The molecule has 1 N–H and O–H groups in total. The second kappa shape index (κ2) is 6.10. The third-order valence-electron chi connectivity index (χ3n) is 2.68. The average molecular weight is 261 g/mol. The minimum absolute atomic E-state index is 0.101. The van der Waals surface area contributed by atoms with E-state index < -0.39 is 4.92 Å². The molecule has 1 heterocycles. The summed E-state index contributed by atoms with van der Waals surface area (Å²) in [6.07, 6.45) is 2.53. The van der Waals surface area contributed by atoms with Gasteiger partial charge in [-0.25, -0.2) is 4.98 Å². The number of rotatable bonds is 6. The molecule has 0 amide bonds. The van der Waals surface area contributed by atoms with Crippen molar-refractivity contribution in [1.82, 2.24) is 10.3 Å². The lowest BCUT2D eigenvalue weighted by Gasteiger charge is -2.02. The molecule has 0 aliphatic rings. The third-order valence-corrected chi connectivity index (χ3v) is 2.68. The molecule has 0 aliphatic carbocycles. The lowest BCUT2D eigenvalue weighted by molar-refractivity contribution is -0.384. The largest absolute Gasteiger partial charge is 0.444 e. The predicted molar refractivity (Wildman–Crippen MR) is 69.5 cm³/mol. The fourth-order valence-corrected chi connectivity index (χ4v) is 1.69. The molecule has 19 heavy (non-hydrogen) atoms. The molecule has 0 saturated carbocycles. The van der Waals surface area contributed by atoms with E-state index in [1.54, 1.807) is 18.3 Å². The van der Waals surface area contributed by atoms with Crippen LogP contribution in [0, 0.1) is 10.1 Å². The third kappa shape index (κ3) is 3.62. The SMILES string of the molecule is CCc1cnc(CNCc2cccc([N+](=O)[O-])c2)o1. The van der Waals surface area contributed by atoms with Gasteiger partial charge in [0.05, 0.1) is 17.7 Å². The van der Waals surface area contributed by atoms with E-state index in [1.165, 1.54) is 6.07 Å². The molecule has 6 nitrogen and oxygen atoms in total. The van der Waals surface area contributed by atoms with Gasteiger partial charge in [-0.3, -0.25) is 10.1 Å². The number of aryl methyl sites for hydroxylation is 1. The Hall–Kier alpha value is -2.21. The molecular formula is C13H15N3O3. The van der Waals surface area contributed by atoms with Crippen molar-refractivity contribution in [1.29, 1.82) is 0 Å². The number of nitrogens with zero attached hydrogens (tertiary/aromatic N) is 2. The summed E-state index contributed by atoms with van der Waals surface area (Å²) in [5.41, 5.74) is 0.958. The van der Waals surface area contributed by atoms with Crippen molar-refractivity contribution >= 4 is 5.69 Å². The molecule has 0 radical (unpaired) electrons. The molecule has 0 saturated heterocycles. The summed E-state index contributed by atoms with van der Waals surface area (Å²) in [5, 5.41) is 13.8. The van der Waals surface area contributed by atoms with Crippen LogP contribution in [0.4, 0.5) is 5.69 Å². The van der Waals surface area contributed by atoms with Crippen molar-refractivity contribution in [2.75, 3.05) is 0 Å². The van der Waals surface area contributed by atoms with Gasteiger partial charge in [0.1, 0.15) is 5.76 Å². The van der Waals surface area contributed by atoms with Gasteiger partial charge in [-0.1, -0.05) is 19.1 Å². The van der Waals surface area contributed by atoms with Crippen molar-refractivity contribution in [3.8, 4) is 0 Å². The molecule has 0 atom stereocenters. The van der Waals surface area contributed by atoms with Gasteiger partial charge >= 0.3 is 0 Å². The maximum absolute atomic E-state index is 10.6. The number of nitrogens with one attached hydrogen (secondary N) is 1. The van der Waals surface area contributed by atoms with E-state index in [-0.39, 0.29) is 5.69 Å². The number of oxazole rings is 1. The van der Waals surface area contributed by atoms with Crippen LogP contribution in [0.2, 0.25) is 0 Å². The molecule has 6 heteroatoms. The fraction of sp³-hybridized carbons (Fsp3) is 0.308. The van der Waals surface area contributed by atoms with Crippen LogP contribution in [0.15, 0.2) is 34.9 Å². The smallest absolute Gasteiger partial charge is 0.269 e. The Morgan fingerprint density at radius 3 is 2.95 bits per heavy atom. The monoisotopic (exact) mass is 261 g/mol. The van der Waals surface area contributed by atoms with E-state index in [0.717, 1.165) is 17.7 Å². The molecule has 0 spiro atoms. The van der Waals surface area contributed by atoms with Crippen molar-refractivity contribution < 1.29 is 9.34 Å². The van der Waals surface area contributed by atoms with Crippen molar-refractivity contribution in [2.24, 2.45) is 0 Å². The van der Waals surface area contributed by atoms with Crippen LogP contribution >= 0.6 is 0 Å². The van der Waals surface area contributed by atoms with E-state index >= 15 is 0 Å². The average Bonchev–Trinajstić information content (AvgIpc) is 2.87. The highest BCUT2D eigenvalue weighted by Crippen LogP contribution is 2.13. The van der Waals surface area contributed by atoms with Crippen LogP contribution in [0.3, 0.4) is 0 Å². The zero-order valence-corrected chi connectivity index (χ0v) is 10.6. The van der Waals surface area contributed by atoms with Crippen molar-refractivity contribution in [3.63, 3.8) is 0 Å². The summed E-state index contributed by atoms with van der Waals surface area (Å²) in [5.74, 6) is 1.48. The summed E-state index contributed by atoms with van der Waals surface area (Å²) >= 11 is 0. The van der Waals surface area contributed by atoms with Crippen LogP contribution in [0.5, 0.6) is 0 Å². The molecule has 1 aromatic carbocycles. The molecule has 100 valence electrons. The first-order valence-corrected chi connectivity index (χ1v) is 6.06. The van der Waals surface area contributed by atoms with Gasteiger partial charge in [0.2, 0.25) is 5.89 Å². The zero-order chi connectivity index (χ0) is 13.7. The second-order valence-electron chi connectivity index (χ2n) is 4.10. The molecule has 0 unspecified atom stereocenters. The lowest BCUT2D eigenvalue weighted by atomic mass is 10.2. The van der Waals surface area contributed by atoms with Gasteiger partial charge in [-0.05, 0) is 5.56 Å². The van der Waals surface area contributed by atoms with Gasteiger partial charge in [0.25, 0.3) is 5.69 Å². The molecule has 1 aromatic heterocycles. The van der Waals surface area contributed by atoms with Gasteiger partial charge < -0.3 is 9.73 Å². The van der Waals surface area contributed by atoms with Crippen LogP contribution in [-0.4, -0.2) is 9.91 Å². The first-order valence-electron chi connectivity index (χ1n) is 6.06. The number of hydrogen-bond donors (Lipinski definition) is 1. The standard InChI is InChI=1S/C13H15N3O3/c1-2-12-8-15-13(19-12)9-14-7-10-4-3-5-11(6-10)16(17)18/h3-6,8,14H,2,7,9H2,1H3. The molecule has 2 rings (SSSR count). The number of nitro groups is 1. The minimum atomic E-state index is -0.398. The molecule has 0 fully saturated rings. The summed E-state index contributed by atoms with van der Waals surface area (Å²) in [4.78, 5) is 14.4. The van der Waals surface area contributed by atoms with Crippen molar-refractivity contribution in [2.45, 2.75) is 26.4 Å². The maximum atomic E-state index is 10.6. The minimum Gasteiger partial charge on any atom is -0.444 e. The number of benzene rings is 1. The Morgan fingerprint density at radius 1 is 1.42 bits per heavy atom. The first-order chi connectivity index (χ1) is 9.19. The highest BCUT2D eigenvalue weighted by atomic mass is 16.6. The maximum Gasteiger partial charge on any atom is 0.269 e. The highest BCUT2D eigenvalue weighted by Gasteiger charge is 2.06. The van der Waals surface area contributed by atoms with E-state index in [1.807, 2.05) is 13.0 Å². The number of non-ortho nitro benzene ring substituents is 1. The fourth-order valence-electron chi connectivity index (χ4n) is 1.69. The summed E-state index contributed by atoms with van der Waals surface area (Å²) in [6.45, 7) is 3.04. The van der Waals surface area contributed by atoms with E-state index in [4.69, 9.17) is 4.42 Å². The number of hydrogen-bond acceptors (Lipinski definition) is 5. The predicted octanol–water partition coefficient (Wildman–Crippen LogP) is 2.44. The molecule has 0 bridgehead atoms. The Labute approximate surface area is 110 Å². The molecule has 2 aromatic rings. The summed E-state index contributed by atoms with van der Waals surface area (Å²) < 4.78 is 5.45. The Balaban J connectivity index is 1.88. The van der Waals surface area contributed by atoms with Crippen LogP contribution < -0.4 is 5.32 Å². The van der Waals surface area contributed by atoms with Gasteiger partial charge in [0.15, 0.2) is 0 Å². The molecule has 0 aliphatic heterocycles. The first kappa shape index (κ1) is 13.2. The van der Waals surface area contributed by atoms with Gasteiger partial charge in [0, 0.05) is 25.1 Å². The van der Waals surface area contributed by atoms with Gasteiger partial charge in [-0.15, -0.1) is 0 Å². The van der Waals surface area contributed by atoms with E-state index in [9.17, 15) is 10.1 Å². The molecular weight excluding hydrogens is 246 g/mol. The number of aromatic nitrogens is 1. The lowest BCUT2D eigenvalue weighted by Crippen LogP contribution is -2.12. The quantitative estimate of drug-likeness (QED) is 0.638. The Morgan fingerprint density at radius 2 is 2.26 bits per heavy atom. The topological polar surface area (TPSA) is 81.2 Å². The van der Waals surface area contributed by atoms with Crippen LogP contribution in [0.25, 0.3) is 0 Å². The van der Waals surface area contributed by atoms with Crippen molar-refractivity contribution in [3.05, 3.63) is 57.8 Å². The Bertz CT molecular complexity index is 566.